The number of aryl methyl sites for hydroxylation is 1. The third-order valence-corrected chi connectivity index (χ3v) is 7.32. The van der Waals surface area contributed by atoms with E-state index in [4.69, 9.17) is 11.6 Å². The molecule has 2 atom stereocenters. The third kappa shape index (κ3) is 6.02. The van der Waals surface area contributed by atoms with Crippen molar-refractivity contribution in [2.45, 2.75) is 31.6 Å². The molecule has 1 aliphatic rings. The minimum absolute atomic E-state index is 0.0877. The van der Waals surface area contributed by atoms with Crippen molar-refractivity contribution in [2.75, 3.05) is 19.6 Å². The van der Waals surface area contributed by atoms with Crippen LogP contribution in [0.1, 0.15) is 41.9 Å². The number of carbonyl (C=O) groups excluding carboxylic acids is 1. The van der Waals surface area contributed by atoms with Gasteiger partial charge in [0.25, 0.3) is 5.56 Å². The molecule has 0 spiro atoms. The maximum atomic E-state index is 14.2. The number of likely N-dealkylation sites (tertiary alicyclic amines) is 1. The number of piperidine rings is 1. The van der Waals surface area contributed by atoms with Crippen molar-refractivity contribution in [1.82, 2.24) is 14.8 Å². The summed E-state index contributed by atoms with van der Waals surface area (Å²) < 4.78 is 15.7. The zero-order valence-corrected chi connectivity index (χ0v) is 21.5. The van der Waals surface area contributed by atoms with Crippen LogP contribution in [-0.4, -0.2) is 46.2 Å². The molecule has 0 saturated carbocycles. The fourth-order valence-corrected chi connectivity index (χ4v) is 5.36. The summed E-state index contributed by atoms with van der Waals surface area (Å²) in [4.78, 5) is 36.7. The first-order valence-corrected chi connectivity index (χ1v) is 12.5. The normalized spacial score (nSPS) is 17.5. The minimum Gasteiger partial charge on any atom is -0.465 e. The lowest BCUT2D eigenvalue weighted by atomic mass is 9.76. The summed E-state index contributed by atoms with van der Waals surface area (Å²) in [7, 11) is 1.68. The van der Waals surface area contributed by atoms with Crippen molar-refractivity contribution in [3.8, 4) is 11.1 Å². The summed E-state index contributed by atoms with van der Waals surface area (Å²) in [5.74, 6) is -0.862. The predicted octanol–water partition coefficient (Wildman–Crippen LogP) is 4.77. The fraction of sp³-hybridized carbons (Fsp3) is 0.321. The van der Waals surface area contributed by atoms with Gasteiger partial charge in [-0.3, -0.25) is 9.59 Å². The van der Waals surface area contributed by atoms with E-state index in [9.17, 15) is 23.9 Å². The molecule has 9 heteroatoms. The average Bonchev–Trinajstić information content (AvgIpc) is 2.86. The van der Waals surface area contributed by atoms with E-state index in [0.717, 1.165) is 22.3 Å². The molecule has 3 aromatic rings. The SMILES string of the molecule is CC(=O)NCCc1ccc(F)cc1-c1ccc(C2CN(C(=O)O)CCC2c2ccn(C)c(=O)c2)c(Cl)c1. The van der Waals surface area contributed by atoms with Gasteiger partial charge in [-0.1, -0.05) is 29.8 Å². The van der Waals surface area contributed by atoms with E-state index < -0.39 is 6.09 Å². The van der Waals surface area contributed by atoms with Gasteiger partial charge in [-0.2, -0.15) is 0 Å². The number of nitrogens with one attached hydrogen (secondary N) is 1. The van der Waals surface area contributed by atoms with Crippen LogP contribution in [0, 0.1) is 5.82 Å². The van der Waals surface area contributed by atoms with Crippen molar-refractivity contribution in [3.05, 3.63) is 92.6 Å². The van der Waals surface area contributed by atoms with Gasteiger partial charge in [0, 0.05) is 56.8 Å². The first-order chi connectivity index (χ1) is 17.6. The molecular weight excluding hydrogens is 497 g/mol. The smallest absolute Gasteiger partial charge is 0.407 e. The Balaban J connectivity index is 1.70. The van der Waals surface area contributed by atoms with Crippen LogP contribution in [-0.2, 0) is 18.3 Å². The Bertz CT molecular complexity index is 1390. The van der Waals surface area contributed by atoms with Gasteiger partial charge in [0.05, 0.1) is 0 Å². The number of carbonyl (C=O) groups is 2. The highest BCUT2D eigenvalue weighted by atomic mass is 35.5. The number of benzene rings is 2. The molecule has 4 rings (SSSR count). The summed E-state index contributed by atoms with van der Waals surface area (Å²) in [5, 5.41) is 12.8. The molecule has 1 saturated heterocycles. The summed E-state index contributed by atoms with van der Waals surface area (Å²) in [6, 6.07) is 13.5. The Hall–Kier alpha value is -3.65. The highest BCUT2D eigenvalue weighted by molar-refractivity contribution is 6.31. The highest BCUT2D eigenvalue weighted by Crippen LogP contribution is 2.43. The van der Waals surface area contributed by atoms with E-state index in [1.807, 2.05) is 18.2 Å². The lowest BCUT2D eigenvalue weighted by Gasteiger charge is -2.38. The molecule has 1 fully saturated rings. The third-order valence-electron chi connectivity index (χ3n) is 6.99. The van der Waals surface area contributed by atoms with Crippen LogP contribution < -0.4 is 10.9 Å². The maximum Gasteiger partial charge on any atom is 0.407 e. The second-order valence-electron chi connectivity index (χ2n) is 9.41. The molecule has 37 heavy (non-hydrogen) atoms. The van der Waals surface area contributed by atoms with Gasteiger partial charge < -0.3 is 19.9 Å². The van der Waals surface area contributed by atoms with Crippen molar-refractivity contribution in [3.63, 3.8) is 0 Å². The van der Waals surface area contributed by atoms with Crippen LogP contribution in [0.2, 0.25) is 5.02 Å². The molecule has 0 aliphatic carbocycles. The standard InChI is InChI=1S/C28H29ClFN3O4/c1-17(34)31-10-7-18-3-5-21(30)15-24(18)19-4-6-23(26(29)13-19)25-16-33(28(36)37)12-9-22(25)20-8-11-32(2)27(35)14-20/h3-6,8,11,13-15,22,25H,7,9-10,12,16H2,1-2H3,(H,31,34)(H,36,37). The second-order valence-corrected chi connectivity index (χ2v) is 9.82. The monoisotopic (exact) mass is 525 g/mol. The van der Waals surface area contributed by atoms with Crippen LogP contribution in [0.3, 0.4) is 0 Å². The van der Waals surface area contributed by atoms with Crippen LogP contribution in [0.25, 0.3) is 11.1 Å². The van der Waals surface area contributed by atoms with E-state index >= 15 is 0 Å². The highest BCUT2D eigenvalue weighted by Gasteiger charge is 2.35. The number of carboxylic acid groups (broad SMARTS) is 1. The Kier molecular flexibility index (Phi) is 7.97. The molecule has 1 aromatic heterocycles. The van der Waals surface area contributed by atoms with Gasteiger partial charge in [0.2, 0.25) is 5.91 Å². The number of aromatic nitrogens is 1. The van der Waals surface area contributed by atoms with E-state index in [2.05, 4.69) is 5.32 Å². The van der Waals surface area contributed by atoms with Crippen molar-refractivity contribution in [2.24, 2.45) is 7.05 Å². The topological polar surface area (TPSA) is 91.6 Å². The van der Waals surface area contributed by atoms with Crippen molar-refractivity contribution < 1.29 is 19.1 Å². The van der Waals surface area contributed by atoms with Gasteiger partial charge in [-0.05, 0) is 70.8 Å². The molecule has 0 radical (unpaired) electrons. The van der Waals surface area contributed by atoms with Gasteiger partial charge in [-0.25, -0.2) is 9.18 Å². The zero-order chi connectivity index (χ0) is 26.7. The molecule has 194 valence electrons. The number of pyridine rings is 1. The van der Waals surface area contributed by atoms with Gasteiger partial charge in [-0.15, -0.1) is 0 Å². The fourth-order valence-electron chi connectivity index (χ4n) is 5.04. The van der Waals surface area contributed by atoms with Crippen molar-refractivity contribution in [1.29, 1.82) is 0 Å². The largest absolute Gasteiger partial charge is 0.465 e. The predicted molar refractivity (Wildman–Crippen MR) is 141 cm³/mol. The van der Waals surface area contributed by atoms with Crippen LogP contribution in [0.15, 0.2) is 59.5 Å². The summed E-state index contributed by atoms with van der Waals surface area (Å²) in [6.07, 6.45) is 1.80. The molecule has 2 heterocycles. The van der Waals surface area contributed by atoms with E-state index in [1.54, 1.807) is 31.4 Å². The number of hydrogen-bond donors (Lipinski definition) is 2. The van der Waals surface area contributed by atoms with E-state index in [1.165, 1.54) is 28.5 Å². The molecule has 1 aliphatic heterocycles. The van der Waals surface area contributed by atoms with Gasteiger partial charge in [0.15, 0.2) is 0 Å². The Morgan fingerprint density at radius 3 is 2.59 bits per heavy atom. The number of amides is 2. The molecule has 7 nitrogen and oxygen atoms in total. The number of rotatable bonds is 6. The van der Waals surface area contributed by atoms with Gasteiger partial charge >= 0.3 is 6.09 Å². The zero-order valence-electron chi connectivity index (χ0n) is 20.7. The minimum atomic E-state index is -0.997. The Labute approximate surface area is 219 Å². The summed E-state index contributed by atoms with van der Waals surface area (Å²) in [5.41, 5.74) is 3.77. The molecule has 2 aromatic carbocycles. The van der Waals surface area contributed by atoms with Crippen LogP contribution in [0.4, 0.5) is 9.18 Å². The van der Waals surface area contributed by atoms with Crippen LogP contribution >= 0.6 is 11.6 Å². The summed E-state index contributed by atoms with van der Waals surface area (Å²) >= 11 is 6.80. The number of halogens is 2. The first-order valence-electron chi connectivity index (χ1n) is 12.1. The maximum absolute atomic E-state index is 14.2. The van der Waals surface area contributed by atoms with E-state index in [0.29, 0.717) is 36.5 Å². The van der Waals surface area contributed by atoms with E-state index in [-0.39, 0.29) is 35.7 Å². The lowest BCUT2D eigenvalue weighted by Crippen LogP contribution is -2.41. The molecule has 2 unspecified atom stereocenters. The van der Waals surface area contributed by atoms with Gasteiger partial charge in [0.1, 0.15) is 5.82 Å². The number of hydrogen-bond acceptors (Lipinski definition) is 3. The average molecular weight is 526 g/mol. The van der Waals surface area contributed by atoms with Crippen molar-refractivity contribution >= 4 is 23.6 Å². The molecule has 2 N–H and O–H groups in total. The Morgan fingerprint density at radius 1 is 1.14 bits per heavy atom. The molecular formula is C28H29ClFN3O4. The summed E-state index contributed by atoms with van der Waals surface area (Å²) in [6.45, 7) is 2.48. The molecule has 0 bridgehead atoms. The number of nitrogens with zero attached hydrogens (tertiary/aromatic N) is 2. The lowest BCUT2D eigenvalue weighted by molar-refractivity contribution is -0.118. The van der Waals surface area contributed by atoms with Crippen LogP contribution in [0.5, 0.6) is 0 Å². The first kappa shape index (κ1) is 26.4. The second kappa shape index (κ2) is 11.2. The molecule has 2 amide bonds. The Morgan fingerprint density at radius 2 is 1.92 bits per heavy atom. The quantitative estimate of drug-likeness (QED) is 0.485.